The molecule has 0 bridgehead atoms. The van der Waals surface area contributed by atoms with Crippen LogP contribution in [0.15, 0.2) is 59.4 Å². The van der Waals surface area contributed by atoms with Crippen LogP contribution < -0.4 is 9.62 Å². The van der Waals surface area contributed by atoms with E-state index in [9.17, 15) is 13.6 Å². The minimum absolute atomic E-state index is 0.0844. The fourth-order valence-corrected chi connectivity index (χ4v) is 2.80. The Morgan fingerprint density at radius 2 is 1.93 bits per heavy atom. The van der Waals surface area contributed by atoms with Crippen molar-refractivity contribution in [3.63, 3.8) is 0 Å². The molecular formula is C17H16N5O4S-. The zero-order valence-corrected chi connectivity index (χ0v) is 15.0. The van der Waals surface area contributed by atoms with Crippen LogP contribution in [-0.4, -0.2) is 42.9 Å². The summed E-state index contributed by atoms with van der Waals surface area (Å²) in [5.41, 5.74) is 0.977. The van der Waals surface area contributed by atoms with Crippen molar-refractivity contribution in [2.24, 2.45) is 0 Å². The molecule has 10 heteroatoms. The van der Waals surface area contributed by atoms with Crippen molar-refractivity contribution in [2.45, 2.75) is 6.42 Å². The zero-order chi connectivity index (χ0) is 19.1. The van der Waals surface area contributed by atoms with E-state index in [0.717, 1.165) is 9.87 Å². The average Bonchev–Trinajstić information content (AvgIpc) is 3.19. The standard InChI is InChI=1S/C17H17N5O4S/c23-16(14-12-15(26-21-14)13-6-2-1-3-7-13)18-10-5-11-22(27(24)25)17-19-8-4-9-20-17/h1-4,6-9,12H,5,10-11H2,(H,18,23)(H,24,25)/p-1. The van der Waals surface area contributed by atoms with Gasteiger partial charge in [-0.15, -0.1) is 0 Å². The van der Waals surface area contributed by atoms with Crippen molar-refractivity contribution in [1.82, 2.24) is 20.4 Å². The van der Waals surface area contributed by atoms with E-state index in [2.05, 4.69) is 20.4 Å². The Labute approximate surface area is 157 Å². The van der Waals surface area contributed by atoms with Gasteiger partial charge in [0.25, 0.3) is 5.91 Å². The van der Waals surface area contributed by atoms with E-state index in [4.69, 9.17) is 4.52 Å². The third kappa shape index (κ3) is 4.96. The maximum absolute atomic E-state index is 12.1. The number of aromatic nitrogens is 3. The number of nitrogens with zero attached hydrogens (tertiary/aromatic N) is 4. The van der Waals surface area contributed by atoms with Crippen LogP contribution in [0.3, 0.4) is 0 Å². The summed E-state index contributed by atoms with van der Waals surface area (Å²) in [6.45, 7) is 0.390. The SMILES string of the molecule is O=C(NCCCN(c1ncccn1)S(=O)[O-])c1cc(-c2ccccc2)on1. The molecule has 1 amide bonds. The van der Waals surface area contributed by atoms with Gasteiger partial charge in [-0.1, -0.05) is 35.5 Å². The highest BCUT2D eigenvalue weighted by Crippen LogP contribution is 2.19. The molecule has 1 N–H and O–H groups in total. The van der Waals surface area contributed by atoms with E-state index in [1.165, 1.54) is 12.4 Å². The van der Waals surface area contributed by atoms with Gasteiger partial charge in [-0.05, 0) is 12.5 Å². The van der Waals surface area contributed by atoms with Crippen LogP contribution in [0.25, 0.3) is 11.3 Å². The van der Waals surface area contributed by atoms with Gasteiger partial charge < -0.3 is 14.4 Å². The summed E-state index contributed by atoms with van der Waals surface area (Å²) in [7, 11) is 0. The first-order chi connectivity index (χ1) is 13.1. The average molecular weight is 386 g/mol. The largest absolute Gasteiger partial charge is 0.755 e. The van der Waals surface area contributed by atoms with Gasteiger partial charge in [0, 0.05) is 48.4 Å². The Morgan fingerprint density at radius 1 is 1.19 bits per heavy atom. The second-order valence-electron chi connectivity index (χ2n) is 5.42. The van der Waals surface area contributed by atoms with Gasteiger partial charge in [0.05, 0.1) is 0 Å². The van der Waals surface area contributed by atoms with Crippen LogP contribution in [0.2, 0.25) is 0 Å². The maximum atomic E-state index is 12.1. The molecule has 0 radical (unpaired) electrons. The molecular weight excluding hydrogens is 370 g/mol. The van der Waals surface area contributed by atoms with Gasteiger partial charge in [0.2, 0.25) is 5.95 Å². The highest BCUT2D eigenvalue weighted by atomic mass is 32.2. The van der Waals surface area contributed by atoms with Crippen molar-refractivity contribution < 1.29 is 18.1 Å². The lowest BCUT2D eigenvalue weighted by Crippen LogP contribution is -2.32. The molecule has 2 heterocycles. The molecule has 0 aliphatic carbocycles. The second-order valence-corrected chi connectivity index (χ2v) is 6.29. The zero-order valence-electron chi connectivity index (χ0n) is 14.1. The summed E-state index contributed by atoms with van der Waals surface area (Å²) in [6, 6.07) is 12.5. The van der Waals surface area contributed by atoms with Crippen molar-refractivity contribution in [3.8, 4) is 11.3 Å². The quantitative estimate of drug-likeness (QED) is 0.460. The molecule has 3 aromatic rings. The molecule has 1 aromatic carbocycles. The van der Waals surface area contributed by atoms with Crippen LogP contribution in [0.5, 0.6) is 0 Å². The number of carbonyl (C=O) groups is 1. The summed E-state index contributed by atoms with van der Waals surface area (Å²) >= 11 is -2.50. The molecule has 0 fully saturated rings. The van der Waals surface area contributed by atoms with E-state index < -0.39 is 17.2 Å². The fourth-order valence-electron chi connectivity index (χ4n) is 2.30. The lowest BCUT2D eigenvalue weighted by atomic mass is 10.1. The highest BCUT2D eigenvalue weighted by molar-refractivity contribution is 7.80. The first-order valence-electron chi connectivity index (χ1n) is 8.09. The van der Waals surface area contributed by atoms with Gasteiger partial charge in [-0.3, -0.25) is 13.3 Å². The van der Waals surface area contributed by atoms with Crippen LogP contribution >= 0.6 is 0 Å². The van der Waals surface area contributed by atoms with Crippen LogP contribution in [-0.2, 0) is 11.3 Å². The highest BCUT2D eigenvalue weighted by Gasteiger charge is 2.14. The number of nitrogens with one attached hydrogen (secondary N) is 1. The predicted octanol–water partition coefficient (Wildman–Crippen LogP) is 1.55. The molecule has 0 saturated carbocycles. The molecule has 3 rings (SSSR count). The summed E-state index contributed by atoms with van der Waals surface area (Å²) in [4.78, 5) is 20.0. The maximum Gasteiger partial charge on any atom is 0.273 e. The number of hydrogen-bond acceptors (Lipinski definition) is 7. The Morgan fingerprint density at radius 3 is 2.63 bits per heavy atom. The van der Waals surface area contributed by atoms with Crippen molar-refractivity contribution in [1.29, 1.82) is 0 Å². The number of rotatable bonds is 8. The monoisotopic (exact) mass is 386 g/mol. The smallest absolute Gasteiger partial charge is 0.273 e. The summed E-state index contributed by atoms with van der Waals surface area (Å²) in [5, 5.41) is 6.45. The Hall–Kier alpha value is -3.11. The second kappa shape index (κ2) is 9.01. The number of benzene rings is 1. The van der Waals surface area contributed by atoms with Crippen LogP contribution in [0.4, 0.5) is 5.95 Å². The first kappa shape index (κ1) is 18.7. The van der Waals surface area contributed by atoms with E-state index in [1.807, 2.05) is 30.3 Å². The molecule has 0 aliphatic heterocycles. The normalized spacial score (nSPS) is 11.7. The molecule has 1 unspecified atom stereocenters. The van der Waals surface area contributed by atoms with Crippen LogP contribution in [0.1, 0.15) is 16.9 Å². The lowest BCUT2D eigenvalue weighted by molar-refractivity contribution is 0.0944. The predicted molar refractivity (Wildman–Crippen MR) is 97.2 cm³/mol. The number of amides is 1. The van der Waals surface area contributed by atoms with E-state index in [-0.39, 0.29) is 24.7 Å². The molecule has 27 heavy (non-hydrogen) atoms. The van der Waals surface area contributed by atoms with Crippen LogP contribution in [0, 0.1) is 0 Å². The summed E-state index contributed by atoms with van der Waals surface area (Å²) < 4.78 is 28.9. The number of carbonyl (C=O) groups excluding carboxylic acids is 1. The van der Waals surface area contributed by atoms with E-state index >= 15 is 0 Å². The van der Waals surface area contributed by atoms with Crippen molar-refractivity contribution in [2.75, 3.05) is 17.4 Å². The van der Waals surface area contributed by atoms with Gasteiger partial charge >= 0.3 is 0 Å². The first-order valence-corrected chi connectivity index (χ1v) is 9.12. The Kier molecular flexibility index (Phi) is 6.23. The molecule has 2 aromatic heterocycles. The Bertz CT molecular complexity index is 904. The molecule has 140 valence electrons. The number of hydrogen-bond donors (Lipinski definition) is 1. The van der Waals surface area contributed by atoms with Gasteiger partial charge in [-0.25, -0.2) is 9.97 Å². The topological polar surface area (TPSA) is 124 Å². The fraction of sp³-hybridized carbons (Fsp3) is 0.176. The molecule has 9 nitrogen and oxygen atoms in total. The Balaban J connectivity index is 1.51. The number of anilines is 1. The van der Waals surface area contributed by atoms with Gasteiger partial charge in [0.15, 0.2) is 11.5 Å². The van der Waals surface area contributed by atoms with E-state index in [1.54, 1.807) is 12.1 Å². The molecule has 0 aliphatic rings. The van der Waals surface area contributed by atoms with Gasteiger partial charge in [-0.2, -0.15) is 0 Å². The lowest BCUT2D eigenvalue weighted by Gasteiger charge is -2.23. The van der Waals surface area contributed by atoms with E-state index in [0.29, 0.717) is 12.2 Å². The minimum atomic E-state index is -2.50. The third-order valence-corrected chi connectivity index (χ3v) is 4.29. The van der Waals surface area contributed by atoms with Crippen molar-refractivity contribution >= 4 is 23.1 Å². The minimum Gasteiger partial charge on any atom is -0.755 e. The summed E-state index contributed by atoms with van der Waals surface area (Å²) in [6.07, 6.45) is 3.29. The molecule has 0 spiro atoms. The molecule has 1 atom stereocenters. The summed E-state index contributed by atoms with van der Waals surface area (Å²) in [5.74, 6) is 0.183. The van der Waals surface area contributed by atoms with Gasteiger partial charge in [0.1, 0.15) is 0 Å². The molecule has 0 saturated heterocycles. The van der Waals surface area contributed by atoms with Crippen molar-refractivity contribution in [3.05, 3.63) is 60.6 Å². The third-order valence-electron chi connectivity index (χ3n) is 3.58.